The summed E-state index contributed by atoms with van der Waals surface area (Å²) in [6, 6.07) is 7.64. The van der Waals surface area contributed by atoms with Crippen LogP contribution in [0.4, 0.5) is 5.82 Å². The van der Waals surface area contributed by atoms with Gasteiger partial charge in [0.2, 0.25) is 5.91 Å². The highest BCUT2D eigenvalue weighted by molar-refractivity contribution is 7.99. The Morgan fingerprint density at radius 3 is 2.60 bits per heavy atom. The standard InChI is InChI=1S/C21H27ClN4O3S/c1-25(11-8-15-6-7-16(28-2)17(12-15)29-3)19-13-18(22)23-21(24-19)30-14-20(27)26-9-4-5-10-26/h6-7,12-13H,4-5,8-11,14H2,1-3H3. The number of likely N-dealkylation sites (tertiary alicyclic amines) is 1. The molecule has 2 heterocycles. The van der Waals surface area contributed by atoms with Gasteiger partial charge >= 0.3 is 0 Å². The second kappa shape index (κ2) is 10.7. The molecular formula is C21H27ClN4O3S. The van der Waals surface area contributed by atoms with E-state index in [1.54, 1.807) is 20.3 Å². The van der Waals surface area contributed by atoms with Crippen LogP contribution in [0.15, 0.2) is 29.4 Å². The fourth-order valence-electron chi connectivity index (χ4n) is 3.28. The van der Waals surface area contributed by atoms with Crippen LogP contribution in [0, 0.1) is 0 Å². The first-order chi connectivity index (χ1) is 14.5. The second-order valence-electron chi connectivity index (χ2n) is 7.07. The molecule has 0 atom stereocenters. The zero-order valence-electron chi connectivity index (χ0n) is 17.6. The molecule has 7 nitrogen and oxygen atoms in total. The molecule has 0 aliphatic carbocycles. The maximum Gasteiger partial charge on any atom is 0.233 e. The number of benzene rings is 1. The number of anilines is 1. The van der Waals surface area contributed by atoms with E-state index in [0.29, 0.717) is 27.6 Å². The normalized spacial score (nSPS) is 13.4. The zero-order chi connectivity index (χ0) is 21.5. The number of amides is 1. The van der Waals surface area contributed by atoms with Crippen LogP contribution in [0.5, 0.6) is 11.5 Å². The number of aromatic nitrogens is 2. The highest BCUT2D eigenvalue weighted by Crippen LogP contribution is 2.28. The van der Waals surface area contributed by atoms with E-state index in [1.807, 2.05) is 35.0 Å². The number of methoxy groups -OCH3 is 2. The molecule has 2 aromatic rings. The van der Waals surface area contributed by atoms with Gasteiger partial charge in [-0.05, 0) is 37.0 Å². The Labute approximate surface area is 186 Å². The number of rotatable bonds is 9. The van der Waals surface area contributed by atoms with Gasteiger partial charge in [0.05, 0.1) is 20.0 Å². The van der Waals surface area contributed by atoms with Crippen LogP contribution in [0.3, 0.4) is 0 Å². The van der Waals surface area contributed by atoms with Gasteiger partial charge in [-0.1, -0.05) is 29.4 Å². The quantitative estimate of drug-likeness (QED) is 0.329. The van der Waals surface area contributed by atoms with Gasteiger partial charge in [-0.2, -0.15) is 0 Å². The first-order valence-electron chi connectivity index (χ1n) is 9.87. The molecule has 0 radical (unpaired) electrons. The van der Waals surface area contributed by atoms with Crippen LogP contribution in [0.1, 0.15) is 18.4 Å². The smallest absolute Gasteiger partial charge is 0.233 e. The number of hydrogen-bond acceptors (Lipinski definition) is 7. The van der Waals surface area contributed by atoms with Crippen LogP contribution in [0.2, 0.25) is 5.15 Å². The predicted molar refractivity (Wildman–Crippen MR) is 120 cm³/mol. The number of thioether (sulfide) groups is 1. The van der Waals surface area contributed by atoms with Gasteiger partial charge in [-0.15, -0.1) is 0 Å². The topological polar surface area (TPSA) is 67.8 Å². The minimum atomic E-state index is 0.129. The van der Waals surface area contributed by atoms with E-state index in [2.05, 4.69) is 9.97 Å². The van der Waals surface area contributed by atoms with Crippen molar-refractivity contribution in [1.29, 1.82) is 0 Å². The summed E-state index contributed by atoms with van der Waals surface area (Å²) >= 11 is 7.54. The van der Waals surface area contributed by atoms with E-state index < -0.39 is 0 Å². The van der Waals surface area contributed by atoms with Crippen molar-refractivity contribution in [2.45, 2.75) is 24.4 Å². The molecule has 1 fully saturated rings. The van der Waals surface area contributed by atoms with Crippen molar-refractivity contribution in [1.82, 2.24) is 14.9 Å². The average Bonchev–Trinajstić information content (AvgIpc) is 3.30. The molecule has 1 saturated heterocycles. The van der Waals surface area contributed by atoms with Crippen molar-refractivity contribution in [3.8, 4) is 11.5 Å². The van der Waals surface area contributed by atoms with E-state index in [0.717, 1.165) is 50.3 Å². The van der Waals surface area contributed by atoms with Crippen LogP contribution in [0.25, 0.3) is 0 Å². The van der Waals surface area contributed by atoms with Crippen LogP contribution >= 0.6 is 23.4 Å². The lowest BCUT2D eigenvalue weighted by Crippen LogP contribution is -2.29. The average molecular weight is 451 g/mol. The maximum absolute atomic E-state index is 12.3. The Morgan fingerprint density at radius 2 is 1.90 bits per heavy atom. The van der Waals surface area contributed by atoms with Gasteiger partial charge in [0.25, 0.3) is 0 Å². The number of hydrogen-bond donors (Lipinski definition) is 0. The number of ether oxygens (including phenoxy) is 2. The Bertz CT molecular complexity index is 877. The maximum atomic E-state index is 12.3. The fourth-order valence-corrected chi connectivity index (χ4v) is 4.26. The van der Waals surface area contributed by atoms with E-state index in [-0.39, 0.29) is 5.91 Å². The molecule has 162 valence electrons. The van der Waals surface area contributed by atoms with Crippen LogP contribution < -0.4 is 14.4 Å². The monoisotopic (exact) mass is 450 g/mol. The third-order valence-electron chi connectivity index (χ3n) is 5.02. The lowest BCUT2D eigenvalue weighted by atomic mass is 10.1. The third-order valence-corrected chi connectivity index (χ3v) is 6.04. The highest BCUT2D eigenvalue weighted by Gasteiger charge is 2.19. The fraction of sp³-hybridized carbons (Fsp3) is 0.476. The SMILES string of the molecule is COc1ccc(CCN(C)c2cc(Cl)nc(SCC(=O)N3CCCC3)n2)cc1OC. The van der Waals surface area contributed by atoms with Crippen molar-refractivity contribution >= 4 is 35.1 Å². The van der Waals surface area contributed by atoms with Gasteiger partial charge in [-0.25, -0.2) is 9.97 Å². The van der Waals surface area contributed by atoms with Gasteiger partial charge in [0, 0.05) is 32.7 Å². The molecule has 0 unspecified atom stereocenters. The molecule has 9 heteroatoms. The minimum Gasteiger partial charge on any atom is -0.493 e. The molecule has 30 heavy (non-hydrogen) atoms. The molecule has 1 aliphatic heterocycles. The van der Waals surface area contributed by atoms with E-state index >= 15 is 0 Å². The summed E-state index contributed by atoms with van der Waals surface area (Å²) in [5, 5.41) is 0.886. The number of halogens is 1. The Morgan fingerprint density at radius 1 is 1.17 bits per heavy atom. The highest BCUT2D eigenvalue weighted by atomic mass is 35.5. The molecule has 1 aromatic carbocycles. The summed E-state index contributed by atoms with van der Waals surface area (Å²) in [7, 11) is 5.21. The molecule has 0 bridgehead atoms. The largest absolute Gasteiger partial charge is 0.493 e. The van der Waals surface area contributed by atoms with Crippen molar-refractivity contribution in [2.75, 3.05) is 51.6 Å². The van der Waals surface area contributed by atoms with Crippen molar-refractivity contribution in [2.24, 2.45) is 0 Å². The Balaban J connectivity index is 1.60. The van der Waals surface area contributed by atoms with Crippen molar-refractivity contribution in [3.63, 3.8) is 0 Å². The summed E-state index contributed by atoms with van der Waals surface area (Å²) in [5.41, 5.74) is 1.13. The molecule has 1 aliphatic rings. The summed E-state index contributed by atoms with van der Waals surface area (Å²) in [6.45, 7) is 2.43. The van der Waals surface area contributed by atoms with E-state index in [1.165, 1.54) is 11.8 Å². The zero-order valence-corrected chi connectivity index (χ0v) is 19.1. The summed E-state index contributed by atoms with van der Waals surface area (Å²) < 4.78 is 10.7. The van der Waals surface area contributed by atoms with Crippen molar-refractivity contribution < 1.29 is 14.3 Å². The number of likely N-dealkylation sites (N-methyl/N-ethyl adjacent to an activating group) is 1. The molecule has 0 saturated carbocycles. The van der Waals surface area contributed by atoms with Crippen LogP contribution in [-0.2, 0) is 11.2 Å². The molecule has 0 spiro atoms. The van der Waals surface area contributed by atoms with Gasteiger partial charge in [-0.3, -0.25) is 4.79 Å². The molecular weight excluding hydrogens is 424 g/mol. The predicted octanol–water partition coefficient (Wildman–Crippen LogP) is 3.54. The molecule has 1 amide bonds. The number of nitrogens with zero attached hydrogens (tertiary/aromatic N) is 4. The third kappa shape index (κ3) is 5.92. The first kappa shape index (κ1) is 22.5. The first-order valence-corrected chi connectivity index (χ1v) is 11.2. The summed E-state index contributed by atoms with van der Waals surface area (Å²) in [4.78, 5) is 25.0. The lowest BCUT2D eigenvalue weighted by molar-refractivity contribution is -0.127. The second-order valence-corrected chi connectivity index (χ2v) is 8.40. The minimum absolute atomic E-state index is 0.129. The Hall–Kier alpha value is -2.19. The van der Waals surface area contributed by atoms with Gasteiger partial charge in [0.1, 0.15) is 11.0 Å². The molecule has 1 aromatic heterocycles. The summed E-state index contributed by atoms with van der Waals surface area (Å²) in [6.07, 6.45) is 2.96. The van der Waals surface area contributed by atoms with E-state index in [4.69, 9.17) is 21.1 Å². The van der Waals surface area contributed by atoms with E-state index in [9.17, 15) is 4.79 Å². The Kier molecular flexibility index (Phi) is 8.04. The molecule has 0 N–H and O–H groups in total. The number of carbonyl (C=O) groups excluding carboxylic acids is 1. The lowest BCUT2D eigenvalue weighted by Gasteiger charge is -2.19. The van der Waals surface area contributed by atoms with Gasteiger partial charge < -0.3 is 19.3 Å². The number of carbonyl (C=O) groups is 1. The summed E-state index contributed by atoms with van der Waals surface area (Å²) in [5.74, 6) is 2.61. The molecule has 3 rings (SSSR count). The van der Waals surface area contributed by atoms with Crippen molar-refractivity contribution in [3.05, 3.63) is 35.0 Å². The van der Waals surface area contributed by atoms with Gasteiger partial charge in [0.15, 0.2) is 16.7 Å². The van der Waals surface area contributed by atoms with Crippen LogP contribution in [-0.4, -0.2) is 67.4 Å².